The van der Waals surface area contributed by atoms with Crippen LogP contribution in [0.1, 0.15) is 49.3 Å². The fraction of sp³-hybridized carbons (Fsp3) is 0.444. The van der Waals surface area contributed by atoms with E-state index in [0.717, 1.165) is 42.0 Å². The predicted octanol–water partition coefficient (Wildman–Crippen LogP) is 3.58. The zero-order chi connectivity index (χ0) is 26.7. The summed E-state index contributed by atoms with van der Waals surface area (Å²) in [6.45, 7) is 7.18. The third kappa shape index (κ3) is 6.08. The van der Waals surface area contributed by atoms with E-state index >= 15 is 4.39 Å². The zero-order valence-corrected chi connectivity index (χ0v) is 21.4. The number of benzene rings is 2. The highest BCUT2D eigenvalue weighted by Crippen LogP contribution is 2.35. The summed E-state index contributed by atoms with van der Waals surface area (Å²) < 4.78 is 26.3. The van der Waals surface area contributed by atoms with Gasteiger partial charge in [0.15, 0.2) is 5.84 Å². The van der Waals surface area contributed by atoms with Crippen molar-refractivity contribution in [2.45, 2.75) is 45.2 Å². The van der Waals surface area contributed by atoms with Gasteiger partial charge in [-0.1, -0.05) is 19.9 Å². The number of phenols is 1. The van der Waals surface area contributed by atoms with Crippen LogP contribution in [0.4, 0.5) is 10.1 Å². The lowest BCUT2D eigenvalue weighted by molar-refractivity contribution is -0.115. The highest BCUT2D eigenvalue weighted by molar-refractivity contribution is 6.48. The molecule has 2 aliphatic rings. The monoisotopic (exact) mass is 511 g/mol. The molecule has 2 aromatic carbocycles. The molecule has 2 fully saturated rings. The van der Waals surface area contributed by atoms with Crippen molar-refractivity contribution in [1.29, 1.82) is 10.8 Å². The number of rotatable bonds is 7. The fourth-order valence-corrected chi connectivity index (χ4v) is 4.31. The summed E-state index contributed by atoms with van der Waals surface area (Å²) in [5, 5.41) is 31.0. The van der Waals surface area contributed by atoms with Crippen molar-refractivity contribution in [3.05, 3.63) is 52.8 Å². The molecule has 4 rings (SSSR count). The number of carbonyl (C=O) groups excluding carboxylic acids is 1. The molecule has 198 valence electrons. The molecule has 9 nitrogen and oxygen atoms in total. The first kappa shape index (κ1) is 26.6. The minimum absolute atomic E-state index is 0.00405. The van der Waals surface area contributed by atoms with Gasteiger partial charge in [0.25, 0.3) is 5.91 Å². The number of carbonyl (C=O) groups is 1. The molecule has 4 N–H and O–H groups in total. The quantitative estimate of drug-likeness (QED) is 0.333. The highest BCUT2D eigenvalue weighted by Gasteiger charge is 2.32. The van der Waals surface area contributed by atoms with Crippen molar-refractivity contribution in [3.8, 4) is 11.5 Å². The van der Waals surface area contributed by atoms with Crippen LogP contribution < -0.4 is 15.0 Å². The Morgan fingerprint density at radius 2 is 1.95 bits per heavy atom. The van der Waals surface area contributed by atoms with Gasteiger partial charge in [-0.05, 0) is 48.1 Å². The van der Waals surface area contributed by atoms with Gasteiger partial charge in [-0.15, -0.1) is 0 Å². The molecule has 0 spiro atoms. The molecule has 1 heterocycles. The second-order valence-corrected chi connectivity index (χ2v) is 9.72. The van der Waals surface area contributed by atoms with Gasteiger partial charge in [0.2, 0.25) is 0 Å². The van der Waals surface area contributed by atoms with Crippen LogP contribution in [0.3, 0.4) is 0 Å². The van der Waals surface area contributed by atoms with Crippen molar-refractivity contribution < 1.29 is 23.8 Å². The van der Waals surface area contributed by atoms with Crippen LogP contribution in [-0.2, 0) is 16.1 Å². The molecule has 0 bridgehead atoms. The Balaban J connectivity index is 1.71. The third-order valence-electron chi connectivity index (χ3n) is 6.56. The number of amidine groups is 2. The maximum atomic E-state index is 15.6. The predicted molar refractivity (Wildman–Crippen MR) is 139 cm³/mol. The fourth-order valence-electron chi connectivity index (χ4n) is 4.31. The summed E-state index contributed by atoms with van der Waals surface area (Å²) in [6, 6.07) is 7.53. The molecule has 2 aromatic rings. The number of nitrogens with one attached hydrogen (secondary N) is 3. The van der Waals surface area contributed by atoms with E-state index in [1.807, 2.05) is 13.8 Å². The Bertz CT molecular complexity index is 1190. The van der Waals surface area contributed by atoms with Crippen LogP contribution in [0.5, 0.6) is 11.5 Å². The number of hydrogen-bond donors (Lipinski definition) is 4. The van der Waals surface area contributed by atoms with E-state index in [0.29, 0.717) is 25.5 Å². The Kier molecular flexibility index (Phi) is 8.09. The Morgan fingerprint density at radius 3 is 2.54 bits per heavy atom. The van der Waals surface area contributed by atoms with E-state index in [2.05, 4.69) is 10.2 Å². The molecular formula is C27H34FN5O4. The summed E-state index contributed by atoms with van der Waals surface area (Å²) in [7, 11) is 1.49. The largest absolute Gasteiger partial charge is 0.507 e. The number of halogens is 1. The Morgan fingerprint density at radius 1 is 1.24 bits per heavy atom. The number of hydrogen-bond acceptors (Lipinski definition) is 7. The maximum Gasteiger partial charge on any atom is 0.287 e. The molecule has 1 aliphatic heterocycles. The first-order chi connectivity index (χ1) is 17.7. The number of nitrogens with zero attached hydrogens (tertiary/aromatic N) is 2. The van der Waals surface area contributed by atoms with E-state index in [9.17, 15) is 9.90 Å². The van der Waals surface area contributed by atoms with Crippen molar-refractivity contribution in [2.24, 2.45) is 0 Å². The average molecular weight is 512 g/mol. The normalized spacial score (nSPS) is 15.9. The minimum atomic E-state index is -0.707. The molecule has 1 amide bonds. The number of ether oxygens (including phenoxy) is 2. The molecule has 1 saturated heterocycles. The Hall–Kier alpha value is -3.50. The highest BCUT2D eigenvalue weighted by atomic mass is 19.1. The topological polar surface area (TPSA) is 122 Å². The van der Waals surface area contributed by atoms with Crippen LogP contribution in [0, 0.1) is 16.6 Å². The van der Waals surface area contributed by atoms with E-state index in [-0.39, 0.29) is 29.0 Å². The molecule has 0 atom stereocenters. The zero-order valence-electron chi connectivity index (χ0n) is 21.4. The van der Waals surface area contributed by atoms with E-state index in [1.54, 1.807) is 12.1 Å². The summed E-state index contributed by atoms with van der Waals surface area (Å²) in [6.07, 6.45) is 1.64. The summed E-state index contributed by atoms with van der Waals surface area (Å²) in [5.74, 6) is -2.18. The molecule has 1 saturated carbocycles. The molecule has 37 heavy (non-hydrogen) atoms. The summed E-state index contributed by atoms with van der Waals surface area (Å²) >= 11 is 0. The first-order valence-corrected chi connectivity index (χ1v) is 12.5. The summed E-state index contributed by atoms with van der Waals surface area (Å²) in [5.41, 5.74) is 1.41. The number of amides is 1. The lowest BCUT2D eigenvalue weighted by atomic mass is 9.97. The van der Waals surface area contributed by atoms with Crippen LogP contribution >= 0.6 is 0 Å². The molecular weight excluding hydrogens is 477 g/mol. The average Bonchev–Trinajstić information content (AvgIpc) is 3.69. The number of anilines is 1. The van der Waals surface area contributed by atoms with Gasteiger partial charge in [-0.3, -0.25) is 25.4 Å². The van der Waals surface area contributed by atoms with E-state index < -0.39 is 23.4 Å². The van der Waals surface area contributed by atoms with Crippen molar-refractivity contribution in [2.75, 3.05) is 38.3 Å². The van der Waals surface area contributed by atoms with Crippen molar-refractivity contribution in [1.82, 2.24) is 10.2 Å². The van der Waals surface area contributed by atoms with Gasteiger partial charge in [0.05, 0.1) is 31.6 Å². The van der Waals surface area contributed by atoms with Crippen LogP contribution in [0.2, 0.25) is 0 Å². The lowest BCUT2D eigenvalue weighted by Gasteiger charge is -2.28. The second-order valence-electron chi connectivity index (χ2n) is 9.72. The third-order valence-corrected chi connectivity index (χ3v) is 6.56. The molecule has 10 heteroatoms. The molecule has 0 radical (unpaired) electrons. The smallest absolute Gasteiger partial charge is 0.287 e. The number of aromatic hydroxyl groups is 1. The van der Waals surface area contributed by atoms with Crippen molar-refractivity contribution >= 4 is 23.3 Å². The van der Waals surface area contributed by atoms with Crippen LogP contribution in [0.15, 0.2) is 30.3 Å². The molecule has 1 aliphatic carbocycles. The molecule has 0 unspecified atom stereocenters. The van der Waals surface area contributed by atoms with E-state index in [1.165, 1.54) is 25.3 Å². The van der Waals surface area contributed by atoms with Crippen LogP contribution in [-0.4, -0.2) is 67.0 Å². The van der Waals surface area contributed by atoms with E-state index in [4.69, 9.17) is 20.3 Å². The lowest BCUT2D eigenvalue weighted by Crippen LogP contribution is -2.47. The van der Waals surface area contributed by atoms with Gasteiger partial charge in [0.1, 0.15) is 23.2 Å². The van der Waals surface area contributed by atoms with Gasteiger partial charge in [-0.2, -0.15) is 0 Å². The van der Waals surface area contributed by atoms with Gasteiger partial charge in [0, 0.05) is 31.7 Å². The van der Waals surface area contributed by atoms with Gasteiger partial charge >= 0.3 is 0 Å². The number of phenolic OH excluding ortho intramolecular Hbond substituents is 1. The van der Waals surface area contributed by atoms with Gasteiger partial charge < -0.3 is 19.9 Å². The van der Waals surface area contributed by atoms with Crippen LogP contribution in [0.25, 0.3) is 0 Å². The molecule has 0 aromatic heterocycles. The standard InChI is InChI=1S/C27H34FN5O4/c1-16(2)19-13-20(23(34)14-24(19)36-3)25(29)33(26(30)27(35)31-18-5-6-18)22-7-4-17(12-21(22)28)15-32-8-10-37-11-9-32/h4,7,12-14,16,18,29-30,34H,5-6,8-11,15H2,1-3H3,(H,31,35). The first-order valence-electron chi connectivity index (χ1n) is 12.5. The second kappa shape index (κ2) is 11.3. The SMILES string of the molecule is COc1cc(O)c(C(=N)N(C(=N)C(=O)NC2CC2)c2ccc(CN3CCOCC3)cc2F)cc1C(C)C. The van der Waals surface area contributed by atoms with Crippen molar-refractivity contribution in [3.63, 3.8) is 0 Å². The summed E-state index contributed by atoms with van der Waals surface area (Å²) in [4.78, 5) is 15.9. The minimum Gasteiger partial charge on any atom is -0.507 e. The number of methoxy groups -OCH3 is 1. The number of morpholine rings is 1. The van der Waals surface area contributed by atoms with Gasteiger partial charge in [-0.25, -0.2) is 4.39 Å². The maximum absolute atomic E-state index is 15.6. The Labute approximate surface area is 216 Å².